The molecule has 0 spiro atoms. The second kappa shape index (κ2) is 4.69. The minimum atomic E-state index is -1.08. The molecule has 1 aliphatic rings. The van der Waals surface area contributed by atoms with Crippen LogP contribution >= 0.6 is 0 Å². The molecule has 1 saturated heterocycles. The molecule has 0 bridgehead atoms. The highest BCUT2D eigenvalue weighted by Crippen LogP contribution is 2.24. The summed E-state index contributed by atoms with van der Waals surface area (Å²) in [6.45, 7) is 6.28. The SMILES string of the molecule is CC1CC(C)CN(c2ccnc(C(=O)O)n2)C1. The van der Waals surface area contributed by atoms with Gasteiger partial charge in [0.25, 0.3) is 0 Å². The van der Waals surface area contributed by atoms with Crippen LogP contribution in [0.3, 0.4) is 0 Å². The van der Waals surface area contributed by atoms with E-state index >= 15 is 0 Å². The first-order valence-corrected chi connectivity index (χ1v) is 5.87. The Bertz CT molecular complexity index is 412. The normalized spacial score (nSPS) is 24.7. The molecule has 2 heterocycles. The van der Waals surface area contributed by atoms with Crippen LogP contribution in [-0.4, -0.2) is 34.1 Å². The second-order valence-electron chi connectivity index (χ2n) is 4.89. The lowest BCUT2D eigenvalue weighted by molar-refractivity contribution is 0.0683. The van der Waals surface area contributed by atoms with Gasteiger partial charge in [-0.25, -0.2) is 14.8 Å². The number of aromatic nitrogens is 2. The quantitative estimate of drug-likeness (QED) is 0.844. The van der Waals surface area contributed by atoms with Crippen molar-refractivity contribution in [3.63, 3.8) is 0 Å². The number of anilines is 1. The number of carboxylic acid groups (broad SMARTS) is 1. The zero-order chi connectivity index (χ0) is 12.4. The Balaban J connectivity index is 2.21. The Kier molecular flexibility index (Phi) is 3.26. The molecule has 2 unspecified atom stereocenters. The number of aromatic carboxylic acids is 1. The summed E-state index contributed by atoms with van der Waals surface area (Å²) >= 11 is 0. The van der Waals surface area contributed by atoms with E-state index < -0.39 is 5.97 Å². The highest BCUT2D eigenvalue weighted by molar-refractivity contribution is 5.83. The summed E-state index contributed by atoms with van der Waals surface area (Å²) in [7, 11) is 0. The Morgan fingerprint density at radius 2 is 2.06 bits per heavy atom. The maximum absolute atomic E-state index is 10.8. The molecule has 2 atom stereocenters. The first-order chi connectivity index (χ1) is 8.06. The molecule has 1 aromatic rings. The maximum Gasteiger partial charge on any atom is 0.374 e. The van der Waals surface area contributed by atoms with Gasteiger partial charge >= 0.3 is 5.97 Å². The first kappa shape index (κ1) is 11.8. The van der Waals surface area contributed by atoms with Crippen molar-refractivity contribution in [3.8, 4) is 0 Å². The number of nitrogens with zero attached hydrogens (tertiary/aromatic N) is 3. The molecule has 1 aliphatic heterocycles. The topological polar surface area (TPSA) is 66.3 Å². The van der Waals surface area contributed by atoms with Gasteiger partial charge in [-0.1, -0.05) is 13.8 Å². The third kappa shape index (κ3) is 2.72. The van der Waals surface area contributed by atoms with E-state index in [0.717, 1.165) is 18.9 Å². The van der Waals surface area contributed by atoms with Gasteiger partial charge in [-0.05, 0) is 24.3 Å². The Morgan fingerprint density at radius 3 is 2.65 bits per heavy atom. The van der Waals surface area contributed by atoms with Crippen molar-refractivity contribution in [1.29, 1.82) is 0 Å². The summed E-state index contributed by atoms with van der Waals surface area (Å²) in [5, 5.41) is 8.87. The van der Waals surface area contributed by atoms with E-state index in [1.54, 1.807) is 6.07 Å². The summed E-state index contributed by atoms with van der Waals surface area (Å²) < 4.78 is 0. The molecule has 0 radical (unpaired) electrons. The van der Waals surface area contributed by atoms with Gasteiger partial charge in [0.05, 0.1) is 0 Å². The lowest BCUT2D eigenvalue weighted by Crippen LogP contribution is -2.39. The highest BCUT2D eigenvalue weighted by Gasteiger charge is 2.23. The van der Waals surface area contributed by atoms with Gasteiger partial charge < -0.3 is 10.0 Å². The third-order valence-corrected chi connectivity index (χ3v) is 3.03. The van der Waals surface area contributed by atoms with Gasteiger partial charge in [-0.3, -0.25) is 0 Å². The number of rotatable bonds is 2. The molecule has 0 amide bonds. The van der Waals surface area contributed by atoms with Gasteiger partial charge in [0.2, 0.25) is 5.82 Å². The molecular weight excluding hydrogens is 218 g/mol. The van der Waals surface area contributed by atoms with Crippen molar-refractivity contribution < 1.29 is 9.90 Å². The summed E-state index contributed by atoms with van der Waals surface area (Å²) in [6.07, 6.45) is 2.73. The number of hydrogen-bond acceptors (Lipinski definition) is 4. The molecule has 5 heteroatoms. The molecule has 2 rings (SSSR count). The van der Waals surface area contributed by atoms with Crippen molar-refractivity contribution >= 4 is 11.8 Å². The lowest BCUT2D eigenvalue weighted by Gasteiger charge is -2.35. The number of carbonyl (C=O) groups is 1. The number of piperidine rings is 1. The minimum absolute atomic E-state index is 0.131. The van der Waals surface area contributed by atoms with E-state index in [-0.39, 0.29) is 5.82 Å². The van der Waals surface area contributed by atoms with E-state index in [9.17, 15) is 4.79 Å². The first-order valence-electron chi connectivity index (χ1n) is 5.87. The average molecular weight is 235 g/mol. The van der Waals surface area contributed by atoms with E-state index in [2.05, 4.69) is 28.7 Å². The summed E-state index contributed by atoms with van der Waals surface area (Å²) in [5.41, 5.74) is 0. The third-order valence-electron chi connectivity index (χ3n) is 3.03. The van der Waals surface area contributed by atoms with Crippen LogP contribution in [0.4, 0.5) is 5.82 Å². The summed E-state index contributed by atoms with van der Waals surface area (Å²) in [4.78, 5) is 20.8. The van der Waals surface area contributed by atoms with Gasteiger partial charge in [-0.15, -0.1) is 0 Å². The van der Waals surface area contributed by atoms with Crippen molar-refractivity contribution in [2.24, 2.45) is 11.8 Å². The predicted octanol–water partition coefficient (Wildman–Crippen LogP) is 1.66. The molecule has 0 saturated carbocycles. The molecule has 1 N–H and O–H groups in total. The maximum atomic E-state index is 10.8. The predicted molar refractivity (Wildman–Crippen MR) is 64.1 cm³/mol. The standard InChI is InChI=1S/C12H17N3O2/c1-8-5-9(2)7-15(6-8)10-3-4-13-11(14-10)12(16)17/h3-4,8-9H,5-7H2,1-2H3,(H,16,17). The summed E-state index contributed by atoms with van der Waals surface area (Å²) in [6, 6.07) is 1.78. The van der Waals surface area contributed by atoms with Crippen LogP contribution in [0.15, 0.2) is 12.3 Å². The van der Waals surface area contributed by atoms with Gasteiger partial charge in [0, 0.05) is 19.3 Å². The zero-order valence-corrected chi connectivity index (χ0v) is 10.1. The molecule has 92 valence electrons. The highest BCUT2D eigenvalue weighted by atomic mass is 16.4. The van der Waals surface area contributed by atoms with Crippen molar-refractivity contribution in [3.05, 3.63) is 18.1 Å². The van der Waals surface area contributed by atoms with E-state index in [0.29, 0.717) is 11.8 Å². The van der Waals surface area contributed by atoms with E-state index in [4.69, 9.17) is 5.11 Å². The van der Waals surface area contributed by atoms with Crippen LogP contribution < -0.4 is 4.90 Å². The Morgan fingerprint density at radius 1 is 1.41 bits per heavy atom. The summed E-state index contributed by atoms with van der Waals surface area (Å²) in [5.74, 6) is 0.734. The Labute approximate surface area is 100 Å². The molecule has 0 aliphatic carbocycles. The fourth-order valence-corrected chi connectivity index (χ4v) is 2.48. The van der Waals surface area contributed by atoms with Crippen LogP contribution in [0.1, 0.15) is 30.9 Å². The molecular formula is C12H17N3O2. The van der Waals surface area contributed by atoms with E-state index in [1.165, 1.54) is 12.6 Å². The van der Waals surface area contributed by atoms with Crippen LogP contribution in [0.2, 0.25) is 0 Å². The molecule has 5 nitrogen and oxygen atoms in total. The number of carboxylic acids is 1. The van der Waals surface area contributed by atoms with Crippen molar-refractivity contribution in [2.45, 2.75) is 20.3 Å². The van der Waals surface area contributed by atoms with Crippen LogP contribution in [-0.2, 0) is 0 Å². The average Bonchev–Trinajstić information content (AvgIpc) is 2.28. The van der Waals surface area contributed by atoms with Gasteiger partial charge in [-0.2, -0.15) is 0 Å². The van der Waals surface area contributed by atoms with Gasteiger partial charge in [0.15, 0.2) is 0 Å². The monoisotopic (exact) mass is 235 g/mol. The minimum Gasteiger partial charge on any atom is -0.475 e. The van der Waals surface area contributed by atoms with Crippen LogP contribution in [0, 0.1) is 11.8 Å². The molecule has 1 fully saturated rings. The van der Waals surface area contributed by atoms with E-state index in [1.807, 2.05) is 0 Å². The number of hydrogen-bond donors (Lipinski definition) is 1. The Hall–Kier alpha value is -1.65. The fourth-order valence-electron chi connectivity index (χ4n) is 2.48. The lowest BCUT2D eigenvalue weighted by atomic mass is 9.92. The molecule has 17 heavy (non-hydrogen) atoms. The largest absolute Gasteiger partial charge is 0.475 e. The van der Waals surface area contributed by atoms with Gasteiger partial charge in [0.1, 0.15) is 5.82 Å². The zero-order valence-electron chi connectivity index (χ0n) is 10.1. The van der Waals surface area contributed by atoms with Crippen LogP contribution in [0.5, 0.6) is 0 Å². The molecule has 1 aromatic heterocycles. The van der Waals surface area contributed by atoms with Crippen molar-refractivity contribution in [2.75, 3.05) is 18.0 Å². The van der Waals surface area contributed by atoms with Crippen molar-refractivity contribution in [1.82, 2.24) is 9.97 Å². The second-order valence-corrected chi connectivity index (χ2v) is 4.89. The molecule has 0 aromatic carbocycles. The fraction of sp³-hybridized carbons (Fsp3) is 0.583. The van der Waals surface area contributed by atoms with Crippen LogP contribution in [0.25, 0.3) is 0 Å². The smallest absolute Gasteiger partial charge is 0.374 e.